The zero-order valence-electron chi connectivity index (χ0n) is 20.2. The predicted molar refractivity (Wildman–Crippen MR) is 136 cm³/mol. The van der Waals surface area contributed by atoms with Crippen LogP contribution in [0.5, 0.6) is 11.5 Å². The quantitative estimate of drug-likeness (QED) is 0.216. The molecule has 1 aliphatic rings. The van der Waals surface area contributed by atoms with Crippen LogP contribution in [0.1, 0.15) is 54.3 Å². The molecule has 1 fully saturated rings. The average Bonchev–Trinajstić information content (AvgIpc) is 3.33. The van der Waals surface area contributed by atoms with E-state index in [0.717, 1.165) is 41.0 Å². The summed E-state index contributed by atoms with van der Waals surface area (Å²) in [5.74, 6) is 2.74. The fourth-order valence-corrected chi connectivity index (χ4v) is 5.11. The zero-order valence-corrected chi connectivity index (χ0v) is 21.1. The van der Waals surface area contributed by atoms with E-state index in [9.17, 15) is 4.79 Å². The van der Waals surface area contributed by atoms with Crippen LogP contribution in [0, 0.1) is 0 Å². The third-order valence-electron chi connectivity index (χ3n) is 6.03. The first-order valence-corrected chi connectivity index (χ1v) is 12.9. The molecule has 0 spiro atoms. The van der Waals surface area contributed by atoms with Crippen LogP contribution in [0.3, 0.4) is 0 Å². The molecule has 2 aromatic carbocycles. The number of nitrogens with zero attached hydrogens (tertiary/aromatic N) is 3. The van der Waals surface area contributed by atoms with E-state index in [1.165, 1.54) is 26.4 Å². The van der Waals surface area contributed by atoms with Gasteiger partial charge in [0.25, 0.3) is 0 Å². The molecule has 3 aromatic rings. The van der Waals surface area contributed by atoms with Crippen molar-refractivity contribution in [2.24, 2.45) is 0 Å². The second-order valence-corrected chi connectivity index (χ2v) is 9.42. The highest BCUT2D eigenvalue weighted by atomic mass is 32.2. The molecule has 4 rings (SSSR count). The maximum Gasteiger partial charge on any atom is 0.337 e. The lowest BCUT2D eigenvalue weighted by molar-refractivity contribution is 0.0600. The van der Waals surface area contributed by atoms with E-state index in [0.29, 0.717) is 30.5 Å². The van der Waals surface area contributed by atoms with Gasteiger partial charge >= 0.3 is 5.97 Å². The van der Waals surface area contributed by atoms with Gasteiger partial charge in [-0.3, -0.25) is 0 Å². The Hall–Kier alpha value is -3.20. The molecule has 0 saturated heterocycles. The molecule has 35 heavy (non-hydrogen) atoms. The summed E-state index contributed by atoms with van der Waals surface area (Å²) in [5, 5.41) is 13.4. The van der Waals surface area contributed by atoms with Gasteiger partial charge in [-0.2, -0.15) is 0 Å². The predicted octanol–water partition coefficient (Wildman–Crippen LogP) is 5.36. The van der Waals surface area contributed by atoms with Crippen molar-refractivity contribution < 1.29 is 19.0 Å². The minimum Gasteiger partial charge on any atom is -0.497 e. The van der Waals surface area contributed by atoms with Crippen LogP contribution >= 0.6 is 11.8 Å². The van der Waals surface area contributed by atoms with Crippen molar-refractivity contribution in [3.63, 3.8) is 0 Å². The number of methoxy groups -OCH3 is 2. The molecule has 0 atom stereocenters. The van der Waals surface area contributed by atoms with E-state index in [1.807, 2.05) is 30.3 Å². The summed E-state index contributed by atoms with van der Waals surface area (Å²) < 4.78 is 18.3. The number of hydrogen-bond donors (Lipinski definition) is 1. The number of esters is 1. The smallest absolute Gasteiger partial charge is 0.337 e. The van der Waals surface area contributed by atoms with Crippen LogP contribution in [0.25, 0.3) is 0 Å². The van der Waals surface area contributed by atoms with E-state index < -0.39 is 0 Å². The molecule has 1 N–H and O–H groups in total. The molecule has 1 heterocycles. The van der Waals surface area contributed by atoms with Gasteiger partial charge in [-0.25, -0.2) is 4.79 Å². The Morgan fingerprint density at radius 2 is 1.86 bits per heavy atom. The molecule has 1 saturated carbocycles. The van der Waals surface area contributed by atoms with Gasteiger partial charge in [0, 0.05) is 23.5 Å². The second-order valence-electron chi connectivity index (χ2n) is 8.36. The normalized spacial score (nSPS) is 13.9. The molecule has 0 amide bonds. The number of anilines is 1. The molecular formula is C26H32N4O4S. The summed E-state index contributed by atoms with van der Waals surface area (Å²) in [6.45, 7) is 1.08. The highest BCUT2D eigenvalue weighted by Crippen LogP contribution is 2.33. The van der Waals surface area contributed by atoms with Crippen LogP contribution in [-0.2, 0) is 11.3 Å². The van der Waals surface area contributed by atoms with Crippen LogP contribution < -0.4 is 14.8 Å². The average molecular weight is 497 g/mol. The van der Waals surface area contributed by atoms with Gasteiger partial charge in [-0.1, -0.05) is 43.2 Å². The zero-order chi connectivity index (χ0) is 24.5. The molecule has 9 heteroatoms. The third kappa shape index (κ3) is 6.69. The van der Waals surface area contributed by atoms with Crippen LogP contribution in [0.4, 0.5) is 5.69 Å². The summed E-state index contributed by atoms with van der Waals surface area (Å²) in [6, 6.07) is 15.3. The summed E-state index contributed by atoms with van der Waals surface area (Å²) in [6.07, 6.45) is 6.05. The number of aromatic nitrogens is 3. The summed E-state index contributed by atoms with van der Waals surface area (Å²) in [7, 11) is 3.04. The standard InChI is InChI=1S/C26H32N4O4S/c1-32-22-12-7-9-20(17-22)27-18-24-28-29-26(30(24)21-10-4-3-5-11-21)35-15-14-34-23-13-6-8-19(16-23)25(31)33-2/h6-9,12-13,16-17,21,27H,3-5,10-11,14-15,18H2,1-2H3. The monoisotopic (exact) mass is 496 g/mol. The lowest BCUT2D eigenvalue weighted by Gasteiger charge is -2.25. The Labute approximate surface area is 210 Å². The molecule has 8 nitrogen and oxygen atoms in total. The van der Waals surface area contributed by atoms with Crippen molar-refractivity contribution in [2.45, 2.75) is 49.8 Å². The Morgan fingerprint density at radius 3 is 2.66 bits per heavy atom. The Morgan fingerprint density at radius 1 is 1.06 bits per heavy atom. The summed E-state index contributed by atoms with van der Waals surface area (Å²) >= 11 is 1.65. The topological polar surface area (TPSA) is 87.5 Å². The van der Waals surface area contributed by atoms with Crippen molar-refractivity contribution in [3.05, 3.63) is 59.9 Å². The van der Waals surface area contributed by atoms with Gasteiger partial charge in [-0.05, 0) is 43.2 Å². The number of rotatable bonds is 11. The van der Waals surface area contributed by atoms with Crippen LogP contribution in [0.15, 0.2) is 53.7 Å². The molecule has 0 bridgehead atoms. The Kier molecular flexibility index (Phi) is 8.89. The lowest BCUT2D eigenvalue weighted by atomic mass is 9.95. The van der Waals surface area contributed by atoms with Gasteiger partial charge in [0.05, 0.1) is 32.9 Å². The molecule has 1 aromatic heterocycles. The fraction of sp³-hybridized carbons (Fsp3) is 0.423. The maximum atomic E-state index is 11.7. The molecule has 1 aliphatic carbocycles. The minimum absolute atomic E-state index is 0.375. The molecule has 0 unspecified atom stereocenters. The summed E-state index contributed by atoms with van der Waals surface area (Å²) in [5.41, 5.74) is 1.46. The first-order valence-electron chi connectivity index (χ1n) is 11.9. The number of nitrogens with one attached hydrogen (secondary N) is 1. The van der Waals surface area contributed by atoms with Crippen molar-refractivity contribution in [3.8, 4) is 11.5 Å². The Bertz CT molecular complexity index is 1110. The van der Waals surface area contributed by atoms with E-state index in [1.54, 1.807) is 37.1 Å². The number of benzene rings is 2. The van der Waals surface area contributed by atoms with Crippen LogP contribution in [0.2, 0.25) is 0 Å². The first kappa shape index (κ1) is 24.9. The molecule has 0 aliphatic heterocycles. The van der Waals surface area contributed by atoms with Gasteiger partial charge in [0.15, 0.2) is 11.0 Å². The van der Waals surface area contributed by atoms with Gasteiger partial charge in [-0.15, -0.1) is 10.2 Å². The number of carbonyl (C=O) groups excluding carboxylic acids is 1. The highest BCUT2D eigenvalue weighted by Gasteiger charge is 2.23. The summed E-state index contributed by atoms with van der Waals surface area (Å²) in [4.78, 5) is 11.7. The van der Waals surface area contributed by atoms with Crippen molar-refractivity contribution in [1.82, 2.24) is 14.8 Å². The minimum atomic E-state index is -0.375. The van der Waals surface area contributed by atoms with E-state index in [4.69, 9.17) is 14.2 Å². The van der Waals surface area contributed by atoms with Gasteiger partial charge < -0.3 is 24.1 Å². The van der Waals surface area contributed by atoms with Crippen LogP contribution in [-0.4, -0.2) is 47.3 Å². The molecular weight excluding hydrogens is 464 g/mol. The fourth-order valence-electron chi connectivity index (χ4n) is 4.27. The highest BCUT2D eigenvalue weighted by molar-refractivity contribution is 7.99. The maximum absolute atomic E-state index is 11.7. The largest absolute Gasteiger partial charge is 0.497 e. The first-order chi connectivity index (χ1) is 17.2. The van der Waals surface area contributed by atoms with Crippen molar-refractivity contribution in [1.29, 1.82) is 0 Å². The van der Waals surface area contributed by atoms with Crippen molar-refractivity contribution in [2.75, 3.05) is 31.9 Å². The van der Waals surface area contributed by atoms with Gasteiger partial charge in [0.2, 0.25) is 0 Å². The third-order valence-corrected chi connectivity index (χ3v) is 6.94. The number of ether oxygens (including phenoxy) is 3. The Balaban J connectivity index is 1.39. The van der Waals surface area contributed by atoms with E-state index in [-0.39, 0.29) is 5.97 Å². The van der Waals surface area contributed by atoms with E-state index in [2.05, 4.69) is 20.1 Å². The molecule has 186 valence electrons. The number of thioether (sulfide) groups is 1. The van der Waals surface area contributed by atoms with Crippen molar-refractivity contribution >= 4 is 23.4 Å². The lowest BCUT2D eigenvalue weighted by Crippen LogP contribution is -2.18. The second kappa shape index (κ2) is 12.5. The number of hydrogen-bond acceptors (Lipinski definition) is 8. The number of carbonyl (C=O) groups is 1. The molecule has 0 radical (unpaired) electrons. The SMILES string of the molecule is COC(=O)c1cccc(OCCSc2nnc(CNc3cccc(OC)c3)n2C2CCCCC2)c1. The van der Waals surface area contributed by atoms with Gasteiger partial charge in [0.1, 0.15) is 11.5 Å². The van der Waals surface area contributed by atoms with E-state index >= 15 is 0 Å².